The Kier molecular flexibility index (Phi) is 8.76. The smallest absolute Gasteiger partial charge is 0.891 e. The van der Waals surface area contributed by atoms with E-state index in [-0.39, 0.29) is 103 Å². The van der Waals surface area contributed by atoms with Crippen LogP contribution in [-0.2, 0) is 9.53 Å². The molecule has 0 aromatic heterocycles. The number of halogens is 3. The predicted octanol–water partition coefficient (Wildman–Crippen LogP) is -8.32. The molecule has 0 aliphatic heterocycles. The largest absolute Gasteiger partial charge is 1.00 e. The molecule has 0 spiro atoms. The van der Waals surface area contributed by atoms with E-state index < -0.39 is 30.5 Å². The monoisotopic (exact) mass is 274 g/mol. The van der Waals surface area contributed by atoms with E-state index in [0.29, 0.717) is 7.11 Å². The van der Waals surface area contributed by atoms with E-state index in [0.717, 1.165) is 0 Å². The van der Waals surface area contributed by atoms with Crippen molar-refractivity contribution in [1.82, 2.24) is 0 Å². The van der Waals surface area contributed by atoms with E-state index in [1.165, 1.54) is 0 Å². The summed E-state index contributed by atoms with van der Waals surface area (Å²) in [5.74, 6) is -1.88. The number of methoxy groups -OCH3 is 1. The van der Waals surface area contributed by atoms with Crippen molar-refractivity contribution in [2.75, 3.05) is 7.11 Å². The zero-order chi connectivity index (χ0) is 10.4. The Morgan fingerprint density at radius 1 is 1.40 bits per heavy atom. The van der Waals surface area contributed by atoms with E-state index in [1.54, 1.807) is 0 Å². The molecule has 0 bridgehead atoms. The van der Waals surface area contributed by atoms with Gasteiger partial charge in [-0.3, -0.25) is 0 Å². The molecular weight excluding hydrogens is 270 g/mol. The molecule has 74 valence electrons. The summed E-state index contributed by atoms with van der Waals surface area (Å²) in [6.07, 6.45) is -3.03. The SMILES string of the molecule is COC(=O)[C@@]1(F)C(F)[C@]1(F)B([O-])[O-].[K+].[K+]. The fourth-order valence-corrected chi connectivity index (χ4v) is 1.08. The maximum Gasteiger partial charge on any atom is 1.00 e. The van der Waals surface area contributed by atoms with Crippen LogP contribution < -0.4 is 113 Å². The summed E-state index contributed by atoms with van der Waals surface area (Å²) in [4.78, 5) is 10.5. The summed E-state index contributed by atoms with van der Waals surface area (Å²) in [5, 5.41) is 20.1. The number of ether oxygens (including phenoxy) is 1. The fraction of sp³-hybridized carbons (Fsp3) is 0.800. The van der Waals surface area contributed by atoms with Crippen LogP contribution in [0.15, 0.2) is 0 Å². The molecule has 15 heavy (non-hydrogen) atoms. The van der Waals surface area contributed by atoms with E-state index in [4.69, 9.17) is 0 Å². The van der Waals surface area contributed by atoms with E-state index >= 15 is 0 Å². The van der Waals surface area contributed by atoms with Crippen LogP contribution in [0.3, 0.4) is 0 Å². The van der Waals surface area contributed by atoms with Gasteiger partial charge in [-0.2, -0.15) is 0 Å². The zero-order valence-electron chi connectivity index (χ0n) is 8.42. The molecule has 0 saturated heterocycles. The summed E-state index contributed by atoms with van der Waals surface area (Å²) in [6, 6.07) is 0. The van der Waals surface area contributed by atoms with Crippen LogP contribution in [0.2, 0.25) is 0 Å². The third kappa shape index (κ3) is 2.76. The third-order valence-electron chi connectivity index (χ3n) is 2.02. The van der Waals surface area contributed by atoms with Crippen molar-refractivity contribution in [2.24, 2.45) is 0 Å². The molecule has 4 nitrogen and oxygen atoms in total. The van der Waals surface area contributed by atoms with Crippen molar-refractivity contribution in [3.8, 4) is 0 Å². The molecule has 0 aromatic carbocycles. The standard InChI is InChI=1S/C5H4BF3O4.2K/c1-13-3(10)4(8)2(7)5(4,9)6(11)12;;/h2H,1H3;;/q-2;2*+1/t2?,4-,5+;;/m0../s1. The first-order valence-corrected chi connectivity index (χ1v) is 3.25. The second kappa shape index (κ2) is 6.62. The van der Waals surface area contributed by atoms with Gasteiger partial charge >= 0.3 is 109 Å². The second-order valence-electron chi connectivity index (χ2n) is 2.67. The Balaban J connectivity index is 0. The molecule has 1 unspecified atom stereocenters. The zero-order valence-corrected chi connectivity index (χ0v) is 14.7. The molecule has 0 radical (unpaired) electrons. The van der Waals surface area contributed by atoms with Crippen LogP contribution in [0, 0.1) is 0 Å². The van der Waals surface area contributed by atoms with Gasteiger partial charge < -0.3 is 14.8 Å². The van der Waals surface area contributed by atoms with Crippen molar-refractivity contribution in [3.05, 3.63) is 0 Å². The van der Waals surface area contributed by atoms with Gasteiger partial charge in [-0.05, 0) is 0 Å². The average molecular weight is 274 g/mol. The summed E-state index contributed by atoms with van der Waals surface area (Å²) in [7, 11) is -2.70. The van der Waals surface area contributed by atoms with Gasteiger partial charge in [0.1, 0.15) is 5.57 Å². The number of carbonyl (C=O) groups excluding carboxylic acids is 1. The molecule has 1 rings (SSSR count). The Morgan fingerprint density at radius 3 is 2.00 bits per heavy atom. The number of hydrogen-bond acceptors (Lipinski definition) is 4. The van der Waals surface area contributed by atoms with Crippen LogP contribution >= 0.6 is 0 Å². The molecule has 0 amide bonds. The van der Waals surface area contributed by atoms with Crippen LogP contribution in [-0.4, -0.2) is 37.6 Å². The molecule has 1 saturated carbocycles. The van der Waals surface area contributed by atoms with Gasteiger partial charge in [0.05, 0.1) is 7.11 Å². The molecule has 0 heterocycles. The Hall–Kier alpha value is 2.52. The van der Waals surface area contributed by atoms with Gasteiger partial charge in [-0.1, -0.05) is 7.12 Å². The Labute approximate surface area is 169 Å². The maximum absolute atomic E-state index is 13.0. The van der Waals surface area contributed by atoms with Gasteiger partial charge in [-0.15, -0.1) is 0 Å². The number of alkyl halides is 3. The molecule has 1 aliphatic carbocycles. The van der Waals surface area contributed by atoms with E-state index in [1.807, 2.05) is 0 Å². The molecule has 0 aromatic rings. The molecule has 1 aliphatic rings. The van der Waals surface area contributed by atoms with Crippen molar-refractivity contribution in [3.63, 3.8) is 0 Å². The number of rotatable bonds is 2. The Bertz CT molecular complexity index is 258. The molecule has 0 N–H and O–H groups in total. The van der Waals surface area contributed by atoms with Crippen molar-refractivity contribution in [2.45, 2.75) is 17.4 Å². The molecule has 10 heteroatoms. The number of hydrogen-bond donors (Lipinski definition) is 0. The summed E-state index contributed by atoms with van der Waals surface area (Å²) >= 11 is 0. The van der Waals surface area contributed by atoms with Gasteiger partial charge in [0.2, 0.25) is 0 Å². The van der Waals surface area contributed by atoms with Crippen molar-refractivity contribution >= 4 is 13.1 Å². The first kappa shape index (κ1) is 19.8. The first-order chi connectivity index (χ1) is 5.83. The van der Waals surface area contributed by atoms with Crippen LogP contribution in [0.25, 0.3) is 0 Å². The van der Waals surface area contributed by atoms with Gasteiger partial charge in [0.25, 0.3) is 5.67 Å². The van der Waals surface area contributed by atoms with Crippen LogP contribution in [0.1, 0.15) is 0 Å². The summed E-state index contributed by atoms with van der Waals surface area (Å²) in [6.45, 7) is 0. The summed E-state index contributed by atoms with van der Waals surface area (Å²) in [5.41, 5.74) is -7.56. The number of esters is 1. The summed E-state index contributed by atoms with van der Waals surface area (Å²) < 4.78 is 42.0. The predicted molar refractivity (Wildman–Crippen MR) is 30.3 cm³/mol. The van der Waals surface area contributed by atoms with Crippen molar-refractivity contribution in [1.29, 1.82) is 0 Å². The fourth-order valence-electron chi connectivity index (χ4n) is 1.08. The van der Waals surface area contributed by atoms with Crippen molar-refractivity contribution < 1.29 is 136 Å². The maximum atomic E-state index is 13.0. The van der Waals surface area contributed by atoms with Gasteiger partial charge in [-0.25, -0.2) is 18.0 Å². The van der Waals surface area contributed by atoms with Crippen LogP contribution in [0.4, 0.5) is 13.2 Å². The van der Waals surface area contributed by atoms with Gasteiger partial charge in [0, 0.05) is 0 Å². The number of carbonyl (C=O) groups is 1. The topological polar surface area (TPSA) is 72.4 Å². The average Bonchev–Trinajstić information content (AvgIpc) is 2.53. The van der Waals surface area contributed by atoms with E-state index in [9.17, 15) is 28.0 Å². The minimum Gasteiger partial charge on any atom is -0.891 e. The van der Waals surface area contributed by atoms with E-state index in [2.05, 4.69) is 4.74 Å². The molecule has 1 fully saturated rings. The minimum absolute atomic E-state index is 0. The van der Waals surface area contributed by atoms with Gasteiger partial charge in [0.15, 0.2) is 6.17 Å². The minimum atomic E-state index is -3.83. The Morgan fingerprint density at radius 2 is 1.80 bits per heavy atom. The van der Waals surface area contributed by atoms with Crippen LogP contribution in [0.5, 0.6) is 0 Å². The third-order valence-corrected chi connectivity index (χ3v) is 2.02. The molecular formula is C5H4BF3K2O4. The first-order valence-electron chi connectivity index (χ1n) is 3.25. The second-order valence-corrected chi connectivity index (χ2v) is 2.67. The quantitative estimate of drug-likeness (QED) is 0.370. The molecule has 3 atom stereocenters. The normalized spacial score (nSPS) is 37.1.